The normalized spacial score (nSPS) is 10.8. The molecular formula is C13H18OPb. The molecule has 0 aliphatic carbocycles. The van der Waals surface area contributed by atoms with Crippen molar-refractivity contribution in [2.45, 2.75) is 26.2 Å². The van der Waals surface area contributed by atoms with E-state index in [0.29, 0.717) is 0 Å². The zero-order valence-electron chi connectivity index (χ0n) is 9.49. The van der Waals surface area contributed by atoms with E-state index in [0.717, 1.165) is 5.75 Å². The second kappa shape index (κ2) is 7.91. The summed E-state index contributed by atoms with van der Waals surface area (Å²) in [5.41, 5.74) is 0. The number of allylic oxidation sites excluding steroid dienone is 1. The summed E-state index contributed by atoms with van der Waals surface area (Å²) in [5, 5.41) is 0. The Bertz CT molecular complexity index is 290. The molecule has 0 amide bonds. The molecule has 0 spiro atoms. The first-order valence-corrected chi connectivity index (χ1v) is 9.61. The third kappa shape index (κ3) is 5.35. The molecule has 0 fully saturated rings. The molecule has 0 aliphatic heterocycles. The molecule has 1 aromatic rings. The van der Waals surface area contributed by atoms with Crippen molar-refractivity contribution in [1.82, 2.24) is 0 Å². The fourth-order valence-electron chi connectivity index (χ4n) is 1.25. The van der Waals surface area contributed by atoms with E-state index >= 15 is 0 Å². The number of ether oxygens (including phenoxy) is 1. The summed E-state index contributed by atoms with van der Waals surface area (Å²) in [5.74, 6) is 0.956. The van der Waals surface area contributed by atoms with Crippen LogP contribution in [0.5, 0.6) is 5.75 Å². The molecule has 15 heavy (non-hydrogen) atoms. The van der Waals surface area contributed by atoms with Crippen molar-refractivity contribution in [3.8, 4) is 5.75 Å². The van der Waals surface area contributed by atoms with Crippen LogP contribution in [0.15, 0.2) is 34.0 Å². The number of benzene rings is 1. The fraction of sp³-hybridized carbons (Fsp3) is 0.385. The molecule has 0 saturated heterocycles. The van der Waals surface area contributed by atoms with E-state index in [1.54, 1.807) is 7.11 Å². The van der Waals surface area contributed by atoms with E-state index in [1.807, 2.05) is 0 Å². The van der Waals surface area contributed by atoms with Crippen LogP contribution in [0.1, 0.15) is 26.2 Å². The van der Waals surface area contributed by atoms with E-state index in [1.165, 1.54) is 22.4 Å². The summed E-state index contributed by atoms with van der Waals surface area (Å²) >= 11 is -0.687. The molecule has 1 nitrogen and oxygen atoms in total. The fourth-order valence-corrected chi connectivity index (χ4v) is 4.50. The first-order chi connectivity index (χ1) is 7.36. The average Bonchev–Trinajstić information content (AvgIpc) is 2.30. The molecule has 0 atom stereocenters. The summed E-state index contributed by atoms with van der Waals surface area (Å²) in [6.45, 7) is 2.24. The summed E-state index contributed by atoms with van der Waals surface area (Å²) in [6.07, 6.45) is 6.22. The van der Waals surface area contributed by atoms with Gasteiger partial charge in [0.1, 0.15) is 0 Å². The summed E-state index contributed by atoms with van der Waals surface area (Å²) in [6, 6.07) is 8.52. The molecule has 0 aromatic heterocycles. The Kier molecular flexibility index (Phi) is 6.72. The molecule has 0 N–H and O–H groups in total. The van der Waals surface area contributed by atoms with Gasteiger partial charge in [-0.25, -0.2) is 0 Å². The van der Waals surface area contributed by atoms with Gasteiger partial charge in [-0.05, 0) is 0 Å². The Balaban J connectivity index is 2.34. The Morgan fingerprint density at radius 2 is 2.00 bits per heavy atom. The second-order valence-electron chi connectivity index (χ2n) is 3.42. The van der Waals surface area contributed by atoms with Gasteiger partial charge in [-0.15, -0.1) is 0 Å². The zero-order chi connectivity index (χ0) is 10.9. The number of hydrogen-bond donors (Lipinski definition) is 0. The molecule has 80 valence electrons. The molecule has 1 aromatic carbocycles. The molecular weight excluding hydrogens is 379 g/mol. The molecule has 0 saturated carbocycles. The van der Waals surface area contributed by atoms with Gasteiger partial charge < -0.3 is 0 Å². The Morgan fingerprint density at radius 3 is 2.60 bits per heavy atom. The van der Waals surface area contributed by atoms with Gasteiger partial charge in [-0.2, -0.15) is 0 Å². The van der Waals surface area contributed by atoms with Crippen LogP contribution in [0.2, 0.25) is 0 Å². The van der Waals surface area contributed by atoms with Gasteiger partial charge in [0.25, 0.3) is 0 Å². The van der Waals surface area contributed by atoms with Gasteiger partial charge in [0.05, 0.1) is 0 Å². The van der Waals surface area contributed by atoms with Gasteiger partial charge in [-0.1, -0.05) is 0 Å². The van der Waals surface area contributed by atoms with E-state index in [-0.39, 0.29) is 0 Å². The van der Waals surface area contributed by atoms with Crippen molar-refractivity contribution in [2.75, 3.05) is 7.11 Å². The monoisotopic (exact) mass is 398 g/mol. The van der Waals surface area contributed by atoms with Crippen LogP contribution in [0.25, 0.3) is 0 Å². The molecule has 2 radical (unpaired) electrons. The molecule has 0 aliphatic rings. The third-order valence-corrected chi connectivity index (χ3v) is 6.34. The van der Waals surface area contributed by atoms with Crippen molar-refractivity contribution in [3.63, 3.8) is 0 Å². The third-order valence-electron chi connectivity index (χ3n) is 2.18. The predicted molar refractivity (Wildman–Crippen MR) is 67.0 cm³/mol. The molecule has 2 heteroatoms. The van der Waals surface area contributed by atoms with Gasteiger partial charge in [-0.3, -0.25) is 0 Å². The van der Waals surface area contributed by atoms with E-state index in [9.17, 15) is 0 Å². The Labute approximate surface area is 105 Å². The van der Waals surface area contributed by atoms with Crippen molar-refractivity contribution < 1.29 is 4.74 Å². The number of hydrogen-bond acceptors (Lipinski definition) is 1. The van der Waals surface area contributed by atoms with Crippen LogP contribution in [-0.4, -0.2) is 31.3 Å². The van der Waals surface area contributed by atoms with E-state index in [4.69, 9.17) is 4.74 Å². The van der Waals surface area contributed by atoms with Crippen LogP contribution in [0.3, 0.4) is 0 Å². The van der Waals surface area contributed by atoms with Gasteiger partial charge >= 0.3 is 105 Å². The number of rotatable bonds is 6. The van der Waals surface area contributed by atoms with Crippen LogP contribution in [-0.2, 0) is 0 Å². The van der Waals surface area contributed by atoms with Crippen LogP contribution < -0.4 is 7.86 Å². The second-order valence-corrected chi connectivity index (χ2v) is 8.08. The molecule has 0 bridgehead atoms. The van der Waals surface area contributed by atoms with E-state index < -0.39 is 24.2 Å². The topological polar surface area (TPSA) is 9.23 Å². The van der Waals surface area contributed by atoms with Crippen molar-refractivity contribution >= 4 is 27.4 Å². The Hall–Kier alpha value is -0.318. The summed E-state index contributed by atoms with van der Waals surface area (Å²) in [7, 11) is 1.71. The van der Waals surface area contributed by atoms with Gasteiger partial charge in [0, 0.05) is 0 Å². The molecule has 1 rings (SSSR count). The first kappa shape index (κ1) is 12.8. The van der Waals surface area contributed by atoms with Gasteiger partial charge in [0.2, 0.25) is 0 Å². The van der Waals surface area contributed by atoms with Gasteiger partial charge in [0.15, 0.2) is 0 Å². The van der Waals surface area contributed by atoms with Crippen LogP contribution in [0.4, 0.5) is 0 Å². The first-order valence-electron chi connectivity index (χ1n) is 5.42. The minimum absolute atomic E-state index is 0.687. The number of methoxy groups -OCH3 is 1. The summed E-state index contributed by atoms with van der Waals surface area (Å²) in [4.78, 5) is 0. The Morgan fingerprint density at radius 1 is 1.27 bits per heavy atom. The molecule has 0 unspecified atom stereocenters. The zero-order valence-corrected chi connectivity index (χ0v) is 13.4. The minimum atomic E-state index is -0.687. The SMILES string of the molecule is CCCC/C=[CH]/[Pb][c]1ccc(OC)cc1. The van der Waals surface area contributed by atoms with Crippen LogP contribution in [0, 0.1) is 0 Å². The van der Waals surface area contributed by atoms with Crippen LogP contribution >= 0.6 is 0 Å². The summed E-state index contributed by atoms with van der Waals surface area (Å²) < 4.78 is 9.10. The molecule has 0 heterocycles. The van der Waals surface area contributed by atoms with Crippen molar-refractivity contribution in [3.05, 3.63) is 34.0 Å². The standard InChI is InChI=1S/C7H7O.C6H11.Pb/c1-8-7-5-3-2-4-6-7;1-3-5-6-4-2;/h3-6H,1H3;1,3H,4-6H2,2H3;. The van der Waals surface area contributed by atoms with Crippen molar-refractivity contribution in [2.24, 2.45) is 0 Å². The number of unbranched alkanes of at least 4 members (excludes halogenated alkanes) is 2. The maximum absolute atomic E-state index is 5.13. The van der Waals surface area contributed by atoms with Crippen molar-refractivity contribution in [1.29, 1.82) is 0 Å². The van der Waals surface area contributed by atoms with E-state index in [2.05, 4.69) is 40.9 Å². The predicted octanol–water partition coefficient (Wildman–Crippen LogP) is 2.73. The quantitative estimate of drug-likeness (QED) is 0.530. The average molecular weight is 397 g/mol. The maximum atomic E-state index is 5.13.